The van der Waals surface area contributed by atoms with Gasteiger partial charge in [0, 0.05) is 19.5 Å². The van der Waals surface area contributed by atoms with Crippen molar-refractivity contribution in [3.63, 3.8) is 0 Å². The number of anilines is 2. The Balaban J connectivity index is 1.97. The summed E-state index contributed by atoms with van der Waals surface area (Å²) < 4.78 is 0. The van der Waals surface area contributed by atoms with Gasteiger partial charge < -0.3 is 10.3 Å². The van der Waals surface area contributed by atoms with E-state index in [-0.39, 0.29) is 22.8 Å². The van der Waals surface area contributed by atoms with Crippen LogP contribution in [-0.2, 0) is 12.0 Å². The van der Waals surface area contributed by atoms with E-state index in [9.17, 15) is 10.7 Å². The predicted octanol–water partition coefficient (Wildman–Crippen LogP) is 3.79. The number of hydrogen-bond donors (Lipinski definition) is 1. The van der Waals surface area contributed by atoms with Crippen LogP contribution in [0.3, 0.4) is 0 Å². The summed E-state index contributed by atoms with van der Waals surface area (Å²) in [5, 5.41) is 24.3. The fourth-order valence-corrected chi connectivity index (χ4v) is 3.82. The highest BCUT2D eigenvalue weighted by Gasteiger charge is 2.28. The molecule has 0 spiro atoms. The fourth-order valence-electron chi connectivity index (χ4n) is 2.82. The molecule has 8 nitrogen and oxygen atoms in total. The largest absolute Gasteiger partial charge is 0.761 e. The molecular weight excluding hydrogens is 396 g/mol. The standard InChI is InChI=1S/C21H23N8S/c1-21(2,3)17-18(25-20(30-17)28(4)5)26-27-19-24-15(11-22)16(12-23)29(19)13-14-9-7-6-8-10-14/h6-10,26H,13H2,1-5H3/q-1. The first kappa shape index (κ1) is 21.2. The van der Waals surface area contributed by atoms with Crippen LogP contribution in [0.5, 0.6) is 0 Å². The molecule has 1 aliphatic rings. The van der Waals surface area contributed by atoms with Gasteiger partial charge in [0.25, 0.3) is 0 Å². The van der Waals surface area contributed by atoms with Crippen LogP contribution in [-0.4, -0.2) is 41.5 Å². The zero-order valence-corrected chi connectivity index (χ0v) is 18.4. The molecule has 30 heavy (non-hydrogen) atoms. The molecule has 0 fully saturated rings. The number of hydrogen-bond acceptors (Lipinski definition) is 6. The summed E-state index contributed by atoms with van der Waals surface area (Å²) in [6.45, 7) is 6.72. The molecule has 0 radical (unpaired) electrons. The first-order valence-electron chi connectivity index (χ1n) is 9.34. The van der Waals surface area contributed by atoms with Crippen LogP contribution < -0.4 is 10.3 Å². The van der Waals surface area contributed by atoms with Crippen molar-refractivity contribution in [3.8, 4) is 6.07 Å². The van der Waals surface area contributed by atoms with Crippen molar-refractivity contribution in [1.29, 1.82) is 5.26 Å². The average Bonchev–Trinajstić information content (AvgIpc) is 3.28. The normalized spacial score (nSPS) is 15.1. The number of aliphatic imine (C=N–C) groups is 1. The summed E-state index contributed by atoms with van der Waals surface area (Å²) in [6.07, 6.45) is 0. The van der Waals surface area contributed by atoms with Gasteiger partial charge in [-0.05, 0) is 5.56 Å². The number of benzene rings is 1. The third kappa shape index (κ3) is 4.40. The number of allylic oxidation sites excluding steroid dienone is 1. The van der Waals surface area contributed by atoms with Crippen LogP contribution in [0.4, 0.5) is 10.9 Å². The van der Waals surface area contributed by atoms with Gasteiger partial charge in [0.2, 0.25) is 5.96 Å². The quantitative estimate of drug-likeness (QED) is 0.587. The second-order valence-corrected chi connectivity index (χ2v) is 8.92. The summed E-state index contributed by atoms with van der Waals surface area (Å²) in [4.78, 5) is 13.5. The Morgan fingerprint density at radius 2 is 1.97 bits per heavy atom. The van der Waals surface area contributed by atoms with E-state index >= 15 is 0 Å². The third-order valence-electron chi connectivity index (χ3n) is 4.28. The number of nitrogens with zero attached hydrogens (tertiary/aromatic N) is 7. The highest BCUT2D eigenvalue weighted by Crippen LogP contribution is 2.38. The first-order chi connectivity index (χ1) is 14.2. The van der Waals surface area contributed by atoms with Gasteiger partial charge >= 0.3 is 0 Å². The van der Waals surface area contributed by atoms with E-state index in [1.54, 1.807) is 16.2 Å². The monoisotopic (exact) mass is 419 g/mol. The lowest BCUT2D eigenvalue weighted by atomic mass is 9.95. The molecular formula is C21H23N8S-. The summed E-state index contributed by atoms with van der Waals surface area (Å²) in [6, 6.07) is 11.7. The lowest BCUT2D eigenvalue weighted by Crippen LogP contribution is -2.26. The Labute approximate surface area is 180 Å². The minimum absolute atomic E-state index is 0.0530. The number of thiazole rings is 1. The van der Waals surface area contributed by atoms with Crippen LogP contribution in [0.15, 0.2) is 46.1 Å². The van der Waals surface area contributed by atoms with E-state index in [1.165, 1.54) is 0 Å². The van der Waals surface area contributed by atoms with Gasteiger partial charge in [0.05, 0.1) is 11.4 Å². The lowest BCUT2D eigenvalue weighted by Gasteiger charge is -2.20. The topological polar surface area (TPSA) is 102 Å². The molecule has 1 aromatic carbocycles. The van der Waals surface area contributed by atoms with Crippen LogP contribution >= 0.6 is 11.3 Å². The minimum Gasteiger partial charge on any atom is -0.761 e. The number of aromatic nitrogens is 1. The van der Waals surface area contributed by atoms with E-state index in [0.29, 0.717) is 12.4 Å². The summed E-state index contributed by atoms with van der Waals surface area (Å²) in [5.41, 5.74) is 4.11. The molecule has 0 atom stereocenters. The van der Waals surface area contributed by atoms with Crippen molar-refractivity contribution < 1.29 is 0 Å². The molecule has 0 saturated carbocycles. The van der Waals surface area contributed by atoms with E-state index < -0.39 is 0 Å². The maximum Gasteiger partial charge on any atom is 0.249 e. The maximum absolute atomic E-state index is 9.58. The van der Waals surface area contributed by atoms with E-state index in [2.05, 4.69) is 47.1 Å². The Morgan fingerprint density at radius 3 is 2.53 bits per heavy atom. The van der Waals surface area contributed by atoms with Crippen molar-refractivity contribution in [2.24, 2.45) is 10.1 Å². The van der Waals surface area contributed by atoms with E-state index in [0.717, 1.165) is 15.6 Å². The Morgan fingerprint density at radius 1 is 1.27 bits per heavy atom. The Kier molecular flexibility index (Phi) is 6.01. The van der Waals surface area contributed by atoms with Crippen LogP contribution in [0.2, 0.25) is 0 Å². The maximum atomic E-state index is 9.58. The van der Waals surface area contributed by atoms with Gasteiger partial charge in [0.15, 0.2) is 16.7 Å². The second kappa shape index (κ2) is 8.49. The van der Waals surface area contributed by atoms with Crippen molar-refractivity contribution in [3.05, 3.63) is 51.9 Å². The minimum atomic E-state index is -0.126. The van der Waals surface area contributed by atoms with Crippen LogP contribution in [0.25, 0.3) is 5.41 Å². The van der Waals surface area contributed by atoms with E-state index in [4.69, 9.17) is 0 Å². The number of hydrazone groups is 1. The second-order valence-electron chi connectivity index (χ2n) is 7.95. The summed E-state index contributed by atoms with van der Waals surface area (Å²) in [7, 11) is 3.88. The SMILES string of the molecule is CN(C)c1nc(NN=C2N=C(C#N)C(=C=[N-])N2Cc2ccccc2)c(C(C)(C)C)s1. The molecule has 0 unspecified atom stereocenters. The molecule has 2 aromatic rings. The molecule has 154 valence electrons. The van der Waals surface area contributed by atoms with Crippen molar-refractivity contribution in [2.45, 2.75) is 32.7 Å². The third-order valence-corrected chi connectivity index (χ3v) is 5.93. The molecule has 0 aliphatic carbocycles. The Hall–Kier alpha value is -3.47. The molecule has 2 heterocycles. The van der Waals surface area contributed by atoms with Gasteiger partial charge in [-0.1, -0.05) is 62.4 Å². The molecule has 1 aromatic heterocycles. The smallest absolute Gasteiger partial charge is 0.249 e. The van der Waals surface area contributed by atoms with Gasteiger partial charge in [-0.15, -0.1) is 5.10 Å². The number of nitrogens with one attached hydrogen (secondary N) is 1. The van der Waals surface area contributed by atoms with Crippen molar-refractivity contribution >= 4 is 39.8 Å². The molecule has 0 saturated heterocycles. The predicted molar refractivity (Wildman–Crippen MR) is 123 cm³/mol. The Bertz CT molecular complexity index is 1080. The fraction of sp³-hybridized carbons (Fsp3) is 0.333. The number of nitriles is 1. The highest BCUT2D eigenvalue weighted by atomic mass is 32.1. The first-order valence-corrected chi connectivity index (χ1v) is 10.2. The zero-order chi connectivity index (χ0) is 21.9. The number of rotatable bonds is 5. The average molecular weight is 420 g/mol. The van der Waals surface area contributed by atoms with Gasteiger partial charge in [-0.2, -0.15) is 10.3 Å². The van der Waals surface area contributed by atoms with Crippen molar-refractivity contribution in [2.75, 3.05) is 24.4 Å². The van der Waals surface area contributed by atoms with E-state index in [1.807, 2.05) is 55.4 Å². The molecule has 3 rings (SSSR count). The highest BCUT2D eigenvalue weighted by molar-refractivity contribution is 7.16. The summed E-state index contributed by atoms with van der Waals surface area (Å²) in [5.74, 6) is 2.98. The van der Waals surface area contributed by atoms with Crippen LogP contribution in [0.1, 0.15) is 31.2 Å². The van der Waals surface area contributed by atoms with Crippen LogP contribution in [0, 0.1) is 11.3 Å². The summed E-state index contributed by atoms with van der Waals surface area (Å²) >= 11 is 1.59. The lowest BCUT2D eigenvalue weighted by molar-refractivity contribution is 0.542. The van der Waals surface area contributed by atoms with Gasteiger partial charge in [-0.25, -0.2) is 10.9 Å². The van der Waals surface area contributed by atoms with Crippen molar-refractivity contribution in [1.82, 2.24) is 9.88 Å². The number of guanidine groups is 1. The molecule has 1 N–H and O–H groups in total. The van der Waals surface area contributed by atoms with Gasteiger partial charge in [0.1, 0.15) is 11.8 Å². The molecule has 1 aliphatic heterocycles. The molecule has 9 heteroatoms. The molecule has 0 bridgehead atoms. The van der Waals surface area contributed by atoms with Gasteiger partial charge in [-0.3, -0.25) is 10.3 Å². The molecule has 0 amide bonds. The zero-order valence-electron chi connectivity index (χ0n) is 17.6.